The molecule has 0 radical (unpaired) electrons. The summed E-state index contributed by atoms with van der Waals surface area (Å²) in [6.45, 7) is 0. The predicted octanol–water partition coefficient (Wildman–Crippen LogP) is 3.16. The van der Waals surface area contributed by atoms with Gasteiger partial charge in [0.25, 0.3) is 0 Å². The van der Waals surface area contributed by atoms with Crippen molar-refractivity contribution in [2.75, 3.05) is 0 Å². The van der Waals surface area contributed by atoms with Gasteiger partial charge in [-0.05, 0) is 17.7 Å². The van der Waals surface area contributed by atoms with Crippen molar-refractivity contribution in [2.24, 2.45) is 0 Å². The first-order chi connectivity index (χ1) is 7.75. The van der Waals surface area contributed by atoms with Gasteiger partial charge in [0.2, 0.25) is 0 Å². The SMILES string of the molecule is O=C(Cc1ccccc1)c1ccc(Cl)cn1. The summed E-state index contributed by atoms with van der Waals surface area (Å²) in [5, 5.41) is 0.538. The highest BCUT2D eigenvalue weighted by Crippen LogP contribution is 2.09. The van der Waals surface area contributed by atoms with E-state index in [9.17, 15) is 4.79 Å². The minimum atomic E-state index is 0.00265. The second-order valence-corrected chi connectivity index (χ2v) is 3.88. The summed E-state index contributed by atoms with van der Waals surface area (Å²) in [5.41, 5.74) is 1.44. The summed E-state index contributed by atoms with van der Waals surface area (Å²) < 4.78 is 0. The molecule has 80 valence electrons. The zero-order chi connectivity index (χ0) is 11.4. The average Bonchev–Trinajstić information content (AvgIpc) is 2.31. The summed E-state index contributed by atoms with van der Waals surface area (Å²) in [7, 11) is 0. The van der Waals surface area contributed by atoms with Gasteiger partial charge in [-0.2, -0.15) is 0 Å². The predicted molar refractivity (Wildman–Crippen MR) is 63.7 cm³/mol. The third kappa shape index (κ3) is 2.67. The van der Waals surface area contributed by atoms with Gasteiger partial charge in [-0.25, -0.2) is 0 Å². The lowest BCUT2D eigenvalue weighted by atomic mass is 10.1. The molecule has 0 fully saturated rings. The fourth-order valence-electron chi connectivity index (χ4n) is 1.41. The molecule has 0 aliphatic carbocycles. The molecule has 1 heterocycles. The molecular weight excluding hydrogens is 222 g/mol. The first-order valence-corrected chi connectivity index (χ1v) is 5.32. The number of Topliss-reactive ketones (excluding diaryl/α,β-unsaturated/α-hetero) is 1. The second kappa shape index (κ2) is 4.90. The quantitative estimate of drug-likeness (QED) is 0.760. The highest BCUT2D eigenvalue weighted by molar-refractivity contribution is 6.30. The summed E-state index contributed by atoms with van der Waals surface area (Å²) in [6, 6.07) is 12.9. The molecule has 0 amide bonds. The minimum absolute atomic E-state index is 0.00265. The summed E-state index contributed by atoms with van der Waals surface area (Å²) >= 11 is 5.70. The zero-order valence-electron chi connectivity index (χ0n) is 8.56. The van der Waals surface area contributed by atoms with E-state index < -0.39 is 0 Å². The Labute approximate surface area is 98.9 Å². The molecule has 0 aliphatic heterocycles. The number of carbonyl (C=O) groups is 1. The van der Waals surface area contributed by atoms with Gasteiger partial charge in [0.05, 0.1) is 5.02 Å². The Morgan fingerprint density at radius 2 is 1.88 bits per heavy atom. The van der Waals surface area contributed by atoms with Crippen molar-refractivity contribution in [1.82, 2.24) is 4.98 Å². The molecule has 0 saturated carbocycles. The monoisotopic (exact) mass is 231 g/mol. The van der Waals surface area contributed by atoms with Gasteiger partial charge in [0.15, 0.2) is 5.78 Å². The number of ketones is 1. The molecule has 2 rings (SSSR count). The van der Waals surface area contributed by atoms with E-state index >= 15 is 0 Å². The van der Waals surface area contributed by atoms with E-state index in [1.54, 1.807) is 12.1 Å². The number of hydrogen-bond donors (Lipinski definition) is 0. The van der Waals surface area contributed by atoms with E-state index in [1.165, 1.54) is 6.20 Å². The standard InChI is InChI=1S/C13H10ClNO/c14-11-6-7-12(15-9-11)13(16)8-10-4-2-1-3-5-10/h1-7,9H,8H2. The summed E-state index contributed by atoms with van der Waals surface area (Å²) in [6.07, 6.45) is 1.86. The first-order valence-electron chi connectivity index (χ1n) is 4.94. The molecule has 0 N–H and O–H groups in total. The number of aromatic nitrogens is 1. The lowest BCUT2D eigenvalue weighted by Crippen LogP contribution is -2.05. The van der Waals surface area contributed by atoms with Crippen LogP contribution in [-0.4, -0.2) is 10.8 Å². The van der Waals surface area contributed by atoms with E-state index in [1.807, 2.05) is 30.3 Å². The molecule has 2 aromatic rings. The van der Waals surface area contributed by atoms with E-state index in [-0.39, 0.29) is 5.78 Å². The van der Waals surface area contributed by atoms with Crippen molar-refractivity contribution in [3.63, 3.8) is 0 Å². The molecule has 1 aromatic carbocycles. The van der Waals surface area contributed by atoms with Gasteiger partial charge in [-0.3, -0.25) is 9.78 Å². The van der Waals surface area contributed by atoms with Crippen LogP contribution in [0.1, 0.15) is 16.1 Å². The van der Waals surface area contributed by atoms with Gasteiger partial charge in [-0.1, -0.05) is 41.9 Å². The van der Waals surface area contributed by atoms with E-state index in [4.69, 9.17) is 11.6 Å². The van der Waals surface area contributed by atoms with Crippen LogP contribution >= 0.6 is 11.6 Å². The molecule has 0 spiro atoms. The maximum atomic E-state index is 11.8. The average molecular weight is 232 g/mol. The van der Waals surface area contributed by atoms with Crippen LogP contribution in [0.25, 0.3) is 0 Å². The smallest absolute Gasteiger partial charge is 0.185 e. The summed E-state index contributed by atoms with van der Waals surface area (Å²) in [5.74, 6) is 0.00265. The molecule has 0 atom stereocenters. The Kier molecular flexibility index (Phi) is 3.32. The maximum Gasteiger partial charge on any atom is 0.185 e. The molecule has 0 unspecified atom stereocenters. The van der Waals surface area contributed by atoms with Crippen LogP contribution in [0.2, 0.25) is 5.02 Å². The highest BCUT2D eigenvalue weighted by Gasteiger charge is 2.07. The van der Waals surface area contributed by atoms with Gasteiger partial charge in [0, 0.05) is 12.6 Å². The summed E-state index contributed by atoms with van der Waals surface area (Å²) in [4.78, 5) is 15.8. The first kappa shape index (κ1) is 10.8. The van der Waals surface area contributed by atoms with Crippen molar-refractivity contribution in [3.05, 3.63) is 64.9 Å². The number of carbonyl (C=O) groups excluding carboxylic acids is 1. The Bertz CT molecular complexity index is 479. The molecule has 0 saturated heterocycles. The largest absolute Gasteiger partial charge is 0.292 e. The minimum Gasteiger partial charge on any atom is -0.292 e. The van der Waals surface area contributed by atoms with E-state index in [0.29, 0.717) is 17.1 Å². The number of benzene rings is 1. The van der Waals surface area contributed by atoms with Crippen LogP contribution in [0.5, 0.6) is 0 Å². The Morgan fingerprint density at radius 3 is 2.50 bits per heavy atom. The molecule has 0 aliphatic rings. The van der Waals surface area contributed by atoms with Crippen molar-refractivity contribution in [2.45, 2.75) is 6.42 Å². The number of hydrogen-bond acceptors (Lipinski definition) is 2. The van der Waals surface area contributed by atoms with Gasteiger partial charge >= 0.3 is 0 Å². The maximum absolute atomic E-state index is 11.8. The van der Waals surface area contributed by atoms with Crippen LogP contribution in [-0.2, 0) is 6.42 Å². The molecule has 2 nitrogen and oxygen atoms in total. The Morgan fingerprint density at radius 1 is 1.12 bits per heavy atom. The Hall–Kier alpha value is -1.67. The molecule has 0 bridgehead atoms. The number of nitrogens with zero attached hydrogens (tertiary/aromatic N) is 1. The van der Waals surface area contributed by atoms with E-state index in [0.717, 1.165) is 5.56 Å². The Balaban J connectivity index is 2.12. The molecular formula is C13H10ClNO. The molecule has 1 aromatic heterocycles. The van der Waals surface area contributed by atoms with Crippen molar-refractivity contribution in [1.29, 1.82) is 0 Å². The van der Waals surface area contributed by atoms with Crippen molar-refractivity contribution >= 4 is 17.4 Å². The van der Waals surface area contributed by atoms with Crippen LogP contribution in [0.3, 0.4) is 0 Å². The van der Waals surface area contributed by atoms with Gasteiger partial charge in [-0.15, -0.1) is 0 Å². The van der Waals surface area contributed by atoms with Crippen molar-refractivity contribution < 1.29 is 4.79 Å². The van der Waals surface area contributed by atoms with Crippen LogP contribution < -0.4 is 0 Å². The van der Waals surface area contributed by atoms with Crippen LogP contribution in [0.15, 0.2) is 48.7 Å². The third-order valence-corrected chi connectivity index (χ3v) is 2.44. The molecule has 3 heteroatoms. The lowest BCUT2D eigenvalue weighted by molar-refractivity contribution is 0.0988. The van der Waals surface area contributed by atoms with Crippen LogP contribution in [0, 0.1) is 0 Å². The molecule has 16 heavy (non-hydrogen) atoms. The third-order valence-electron chi connectivity index (χ3n) is 2.22. The normalized spacial score (nSPS) is 10.1. The van der Waals surface area contributed by atoms with E-state index in [2.05, 4.69) is 4.98 Å². The second-order valence-electron chi connectivity index (χ2n) is 3.45. The number of halogens is 1. The fraction of sp³-hybridized carbons (Fsp3) is 0.0769. The topological polar surface area (TPSA) is 30.0 Å². The van der Waals surface area contributed by atoms with Gasteiger partial charge in [0.1, 0.15) is 5.69 Å². The number of rotatable bonds is 3. The highest BCUT2D eigenvalue weighted by atomic mass is 35.5. The zero-order valence-corrected chi connectivity index (χ0v) is 9.32. The lowest BCUT2D eigenvalue weighted by Gasteiger charge is -2.00. The van der Waals surface area contributed by atoms with Crippen LogP contribution in [0.4, 0.5) is 0 Å². The van der Waals surface area contributed by atoms with Crippen molar-refractivity contribution in [3.8, 4) is 0 Å². The van der Waals surface area contributed by atoms with Gasteiger partial charge < -0.3 is 0 Å². The fourth-order valence-corrected chi connectivity index (χ4v) is 1.52. The number of pyridine rings is 1.